The van der Waals surface area contributed by atoms with Gasteiger partial charge in [0.1, 0.15) is 0 Å². The second-order valence-electron chi connectivity index (χ2n) is 7.76. The number of carbonyl (C=O) groups is 1. The summed E-state index contributed by atoms with van der Waals surface area (Å²) in [5.41, 5.74) is 5.50. The van der Waals surface area contributed by atoms with E-state index in [2.05, 4.69) is 53.7 Å². The highest BCUT2D eigenvalue weighted by molar-refractivity contribution is 5.89. The molecular formula is C24H30O3. The van der Waals surface area contributed by atoms with Crippen LogP contribution in [0.2, 0.25) is 0 Å². The molecule has 1 N–H and O–H groups in total. The van der Waals surface area contributed by atoms with Gasteiger partial charge in [-0.05, 0) is 57.7 Å². The summed E-state index contributed by atoms with van der Waals surface area (Å²) in [6, 6.07) is 11.3. The Hall–Kier alpha value is -2.13. The van der Waals surface area contributed by atoms with E-state index in [0.29, 0.717) is 17.0 Å². The van der Waals surface area contributed by atoms with Crippen LogP contribution in [0.3, 0.4) is 0 Å². The van der Waals surface area contributed by atoms with Gasteiger partial charge in [0.2, 0.25) is 0 Å². The standard InChI is InChI=1S/C24H30O3/c1-14(2)19-12-20(15(3)4)22(21(13-19)16(5)6)23(25)17-8-10-18(11-9-17)24(26)27-7/h8-15,25H,1-7H3. The summed E-state index contributed by atoms with van der Waals surface area (Å²) in [4.78, 5) is 11.7. The number of aliphatic hydroxyl groups excluding tert-OH is 1. The van der Waals surface area contributed by atoms with Gasteiger partial charge in [-0.1, -0.05) is 65.8 Å². The molecule has 0 amide bonds. The maximum absolute atomic E-state index is 11.7. The lowest BCUT2D eigenvalue weighted by atomic mass is 9.81. The summed E-state index contributed by atoms with van der Waals surface area (Å²) in [6.45, 7) is 12.8. The van der Waals surface area contributed by atoms with Crippen molar-refractivity contribution in [2.24, 2.45) is 0 Å². The predicted octanol–water partition coefficient (Wildman–Crippen LogP) is 5.98. The second kappa shape index (κ2) is 8.71. The van der Waals surface area contributed by atoms with Crippen LogP contribution in [-0.4, -0.2) is 18.2 Å². The van der Waals surface area contributed by atoms with Crippen LogP contribution < -0.4 is 0 Å². The molecule has 0 heterocycles. The molecule has 3 nitrogen and oxygen atoms in total. The van der Waals surface area contributed by atoms with Crippen LogP contribution >= 0.6 is 0 Å². The van der Waals surface area contributed by atoms with Gasteiger partial charge in [-0.15, -0.1) is 0 Å². The molecule has 2 aromatic rings. The SMILES string of the molecule is COC(=O)c1ccc([C](O)c2c([C](C)C)cc(C(C)C)cc2C(C)C)cc1. The van der Waals surface area contributed by atoms with Crippen LogP contribution in [0, 0.1) is 12.0 Å². The first-order valence-electron chi connectivity index (χ1n) is 9.40. The van der Waals surface area contributed by atoms with Crippen molar-refractivity contribution in [1.29, 1.82) is 0 Å². The zero-order valence-corrected chi connectivity index (χ0v) is 17.4. The smallest absolute Gasteiger partial charge is 0.337 e. The average Bonchev–Trinajstić information content (AvgIpc) is 2.65. The molecular weight excluding hydrogens is 336 g/mol. The van der Waals surface area contributed by atoms with E-state index < -0.39 is 0 Å². The highest BCUT2D eigenvalue weighted by Gasteiger charge is 2.24. The van der Waals surface area contributed by atoms with Gasteiger partial charge in [-0.2, -0.15) is 0 Å². The lowest BCUT2D eigenvalue weighted by Crippen LogP contribution is -2.13. The second-order valence-corrected chi connectivity index (χ2v) is 7.76. The molecule has 2 aromatic carbocycles. The monoisotopic (exact) mass is 366 g/mol. The molecule has 0 fully saturated rings. The molecule has 0 aliphatic rings. The zero-order chi connectivity index (χ0) is 20.3. The summed E-state index contributed by atoms with van der Waals surface area (Å²) < 4.78 is 4.75. The summed E-state index contributed by atoms with van der Waals surface area (Å²) in [6.07, 6.45) is 0.238. The van der Waals surface area contributed by atoms with E-state index in [1.165, 1.54) is 12.7 Å². The summed E-state index contributed by atoms with van der Waals surface area (Å²) in [5.74, 6) is 1.46. The fraction of sp³-hybridized carbons (Fsp3) is 0.375. The molecule has 0 saturated heterocycles. The van der Waals surface area contributed by atoms with Crippen molar-refractivity contribution in [2.75, 3.05) is 7.11 Å². The maximum Gasteiger partial charge on any atom is 0.337 e. The van der Waals surface area contributed by atoms with Crippen molar-refractivity contribution in [3.8, 4) is 0 Å². The number of esters is 1. The van der Waals surface area contributed by atoms with Gasteiger partial charge < -0.3 is 9.84 Å². The van der Waals surface area contributed by atoms with Crippen LogP contribution in [0.4, 0.5) is 0 Å². The highest BCUT2D eigenvalue weighted by Crippen LogP contribution is 2.37. The third kappa shape index (κ3) is 4.59. The van der Waals surface area contributed by atoms with Crippen molar-refractivity contribution in [3.05, 3.63) is 81.8 Å². The Morgan fingerprint density at radius 1 is 0.926 bits per heavy atom. The van der Waals surface area contributed by atoms with E-state index in [-0.39, 0.29) is 18.0 Å². The number of methoxy groups -OCH3 is 1. The van der Waals surface area contributed by atoms with E-state index in [9.17, 15) is 9.90 Å². The van der Waals surface area contributed by atoms with Crippen LogP contribution in [-0.2, 0) is 4.74 Å². The molecule has 0 aliphatic heterocycles. The molecule has 0 bridgehead atoms. The number of ether oxygens (including phenoxy) is 1. The van der Waals surface area contributed by atoms with Gasteiger partial charge in [0.15, 0.2) is 6.10 Å². The number of benzene rings is 2. The Balaban J connectivity index is 2.59. The third-order valence-electron chi connectivity index (χ3n) is 4.83. The lowest BCUT2D eigenvalue weighted by molar-refractivity contribution is 0.0600. The molecule has 0 saturated carbocycles. The van der Waals surface area contributed by atoms with Crippen LogP contribution in [0.25, 0.3) is 0 Å². The quantitative estimate of drug-likeness (QED) is 0.639. The zero-order valence-electron chi connectivity index (χ0n) is 17.4. The minimum Gasteiger partial charge on any atom is -0.465 e. The number of hydrogen-bond donors (Lipinski definition) is 1. The van der Waals surface area contributed by atoms with Crippen molar-refractivity contribution in [3.63, 3.8) is 0 Å². The molecule has 0 aromatic heterocycles. The number of carbonyl (C=O) groups excluding carboxylic acids is 1. The minimum atomic E-state index is -0.386. The first-order valence-corrected chi connectivity index (χ1v) is 9.40. The number of rotatable bonds is 6. The maximum atomic E-state index is 11.7. The largest absolute Gasteiger partial charge is 0.465 e. The third-order valence-corrected chi connectivity index (χ3v) is 4.83. The van der Waals surface area contributed by atoms with Crippen molar-refractivity contribution in [2.45, 2.75) is 53.4 Å². The van der Waals surface area contributed by atoms with Gasteiger partial charge in [0, 0.05) is 0 Å². The van der Waals surface area contributed by atoms with E-state index >= 15 is 0 Å². The summed E-state index contributed by atoms with van der Waals surface area (Å²) in [5, 5.41) is 11.2. The molecule has 144 valence electrons. The highest BCUT2D eigenvalue weighted by atomic mass is 16.5. The van der Waals surface area contributed by atoms with Gasteiger partial charge >= 0.3 is 5.97 Å². The van der Waals surface area contributed by atoms with Gasteiger partial charge in [0.25, 0.3) is 0 Å². The molecule has 27 heavy (non-hydrogen) atoms. The Morgan fingerprint density at radius 2 is 1.48 bits per heavy atom. The first-order chi connectivity index (χ1) is 12.7. The summed E-state index contributed by atoms with van der Waals surface area (Å²) >= 11 is 0. The molecule has 0 unspecified atom stereocenters. The fourth-order valence-electron chi connectivity index (χ4n) is 3.16. The Labute approximate surface area is 163 Å². The van der Waals surface area contributed by atoms with Crippen molar-refractivity contribution < 1.29 is 14.6 Å². The van der Waals surface area contributed by atoms with Crippen molar-refractivity contribution in [1.82, 2.24) is 0 Å². The van der Waals surface area contributed by atoms with E-state index in [1.807, 2.05) is 0 Å². The topological polar surface area (TPSA) is 46.5 Å². The predicted molar refractivity (Wildman–Crippen MR) is 109 cm³/mol. The van der Waals surface area contributed by atoms with E-state index in [0.717, 1.165) is 22.6 Å². The lowest BCUT2D eigenvalue weighted by Gasteiger charge is -2.25. The van der Waals surface area contributed by atoms with Gasteiger partial charge in [-0.3, -0.25) is 0 Å². The minimum absolute atomic E-state index is 0.238. The number of aliphatic hydroxyl groups is 1. The average molecular weight is 367 g/mol. The fourth-order valence-corrected chi connectivity index (χ4v) is 3.16. The van der Waals surface area contributed by atoms with Crippen LogP contribution in [0.15, 0.2) is 36.4 Å². The van der Waals surface area contributed by atoms with Crippen LogP contribution in [0.1, 0.15) is 91.6 Å². The Morgan fingerprint density at radius 3 is 1.93 bits per heavy atom. The van der Waals surface area contributed by atoms with E-state index in [1.54, 1.807) is 24.3 Å². The van der Waals surface area contributed by atoms with Crippen molar-refractivity contribution >= 4 is 5.97 Å². The summed E-state index contributed by atoms with van der Waals surface area (Å²) in [7, 11) is 1.36. The number of hydrogen-bond acceptors (Lipinski definition) is 3. The van der Waals surface area contributed by atoms with Gasteiger partial charge in [-0.25, -0.2) is 4.79 Å². The molecule has 0 aliphatic carbocycles. The van der Waals surface area contributed by atoms with Crippen LogP contribution in [0.5, 0.6) is 0 Å². The first kappa shape index (κ1) is 21.2. The van der Waals surface area contributed by atoms with E-state index in [4.69, 9.17) is 4.74 Å². The molecule has 3 heteroatoms. The molecule has 0 spiro atoms. The molecule has 0 atom stereocenters. The van der Waals surface area contributed by atoms with Gasteiger partial charge in [0.05, 0.1) is 12.7 Å². The molecule has 2 radical (unpaired) electrons. The normalized spacial score (nSPS) is 11.7. The molecule has 2 rings (SSSR count). The Bertz CT molecular complexity index is 757. The Kier molecular flexibility index (Phi) is 6.83.